The van der Waals surface area contributed by atoms with Crippen LogP contribution in [-0.2, 0) is 16.2 Å². The summed E-state index contributed by atoms with van der Waals surface area (Å²) < 4.78 is 66.4. The quantitative estimate of drug-likeness (QED) is 0.626. The summed E-state index contributed by atoms with van der Waals surface area (Å²) in [6, 6.07) is 16.8. The van der Waals surface area contributed by atoms with E-state index in [-0.39, 0.29) is 0 Å². The molecule has 1 atom stereocenters. The van der Waals surface area contributed by atoms with E-state index in [2.05, 4.69) is 4.98 Å². The minimum absolute atomic E-state index is 0.429. The molecule has 0 unspecified atom stereocenters. The van der Waals surface area contributed by atoms with E-state index in [0.717, 1.165) is 22.5 Å². The van der Waals surface area contributed by atoms with Crippen LogP contribution in [0.2, 0.25) is 0 Å². The summed E-state index contributed by atoms with van der Waals surface area (Å²) in [4.78, 5) is 3.83. The first-order valence-electron chi connectivity index (χ1n) is 8.32. The van der Waals surface area contributed by atoms with Gasteiger partial charge in [-0.2, -0.15) is 17.5 Å². The Morgan fingerprint density at radius 2 is 1.61 bits per heavy atom. The lowest BCUT2D eigenvalue weighted by Crippen LogP contribution is -2.32. The standard InChI is InChI=1S/C20H17F3N2O2S/c1-25(28(26,27)17-11-7-10-16(14-17)20(21,22)23)19(15-8-3-2-4-9-15)18-12-5-6-13-24-18/h2-14,19H,1H3/t19-/m1/s1. The van der Waals surface area contributed by atoms with Gasteiger partial charge in [0.15, 0.2) is 0 Å². The van der Waals surface area contributed by atoms with Crippen LogP contribution in [0.3, 0.4) is 0 Å². The second-order valence-electron chi connectivity index (χ2n) is 6.11. The van der Waals surface area contributed by atoms with Gasteiger partial charge in [-0.3, -0.25) is 4.98 Å². The van der Waals surface area contributed by atoms with E-state index >= 15 is 0 Å². The zero-order valence-electron chi connectivity index (χ0n) is 14.8. The number of pyridine rings is 1. The van der Waals surface area contributed by atoms with E-state index in [4.69, 9.17) is 0 Å². The van der Waals surface area contributed by atoms with E-state index in [9.17, 15) is 21.6 Å². The maximum Gasteiger partial charge on any atom is 0.416 e. The highest BCUT2D eigenvalue weighted by Crippen LogP contribution is 2.34. The number of halogens is 3. The normalized spacial score (nSPS) is 13.5. The third-order valence-electron chi connectivity index (χ3n) is 4.29. The number of nitrogens with zero attached hydrogens (tertiary/aromatic N) is 2. The average Bonchev–Trinajstić information content (AvgIpc) is 2.69. The van der Waals surface area contributed by atoms with Crippen LogP contribution in [0.4, 0.5) is 13.2 Å². The molecule has 1 heterocycles. The molecule has 146 valence electrons. The van der Waals surface area contributed by atoms with E-state index in [1.807, 2.05) is 0 Å². The van der Waals surface area contributed by atoms with Crippen molar-refractivity contribution in [1.82, 2.24) is 9.29 Å². The summed E-state index contributed by atoms with van der Waals surface area (Å²) >= 11 is 0. The molecule has 0 N–H and O–H groups in total. The fourth-order valence-electron chi connectivity index (χ4n) is 2.88. The molecule has 0 aliphatic carbocycles. The van der Waals surface area contributed by atoms with Crippen LogP contribution < -0.4 is 0 Å². The lowest BCUT2D eigenvalue weighted by Gasteiger charge is -2.27. The Morgan fingerprint density at radius 3 is 2.21 bits per heavy atom. The third kappa shape index (κ3) is 4.07. The van der Waals surface area contributed by atoms with Gasteiger partial charge in [0.2, 0.25) is 10.0 Å². The molecular weight excluding hydrogens is 389 g/mol. The van der Waals surface area contributed by atoms with Crippen molar-refractivity contribution in [1.29, 1.82) is 0 Å². The van der Waals surface area contributed by atoms with Gasteiger partial charge < -0.3 is 0 Å². The molecule has 0 amide bonds. The highest BCUT2D eigenvalue weighted by molar-refractivity contribution is 7.89. The number of aromatic nitrogens is 1. The summed E-state index contributed by atoms with van der Waals surface area (Å²) in [7, 11) is -2.89. The van der Waals surface area contributed by atoms with E-state index < -0.39 is 32.7 Å². The first-order valence-corrected chi connectivity index (χ1v) is 9.76. The maximum absolute atomic E-state index is 13.1. The van der Waals surface area contributed by atoms with Crippen molar-refractivity contribution < 1.29 is 21.6 Å². The molecule has 0 aliphatic heterocycles. The Labute approximate surface area is 161 Å². The van der Waals surface area contributed by atoms with Crippen molar-refractivity contribution in [2.45, 2.75) is 17.1 Å². The number of rotatable bonds is 5. The molecule has 0 saturated heterocycles. The zero-order valence-corrected chi connectivity index (χ0v) is 15.7. The molecule has 3 aromatic rings. The molecule has 0 radical (unpaired) electrons. The van der Waals surface area contributed by atoms with Gasteiger partial charge in [0.05, 0.1) is 22.2 Å². The Kier molecular flexibility index (Phi) is 5.53. The van der Waals surface area contributed by atoms with Crippen molar-refractivity contribution in [3.05, 3.63) is 95.8 Å². The molecule has 0 fully saturated rings. The van der Waals surface area contributed by atoms with Crippen LogP contribution in [0.15, 0.2) is 83.9 Å². The van der Waals surface area contributed by atoms with Crippen molar-refractivity contribution in [3.63, 3.8) is 0 Å². The van der Waals surface area contributed by atoms with Gasteiger partial charge in [0, 0.05) is 13.2 Å². The van der Waals surface area contributed by atoms with Gasteiger partial charge in [-0.05, 0) is 35.9 Å². The number of hydrogen-bond acceptors (Lipinski definition) is 3. The Bertz CT molecular complexity index is 1000. The van der Waals surface area contributed by atoms with E-state index in [1.165, 1.54) is 13.2 Å². The van der Waals surface area contributed by atoms with Crippen LogP contribution in [0.5, 0.6) is 0 Å². The Hall–Kier alpha value is -2.71. The predicted molar refractivity (Wildman–Crippen MR) is 98.9 cm³/mol. The first-order chi connectivity index (χ1) is 13.2. The minimum Gasteiger partial charge on any atom is -0.259 e. The molecule has 28 heavy (non-hydrogen) atoms. The van der Waals surface area contributed by atoms with Crippen molar-refractivity contribution >= 4 is 10.0 Å². The molecule has 2 aromatic carbocycles. The van der Waals surface area contributed by atoms with E-state index in [0.29, 0.717) is 17.3 Å². The highest BCUT2D eigenvalue weighted by Gasteiger charge is 2.35. The van der Waals surface area contributed by atoms with Crippen molar-refractivity contribution in [2.75, 3.05) is 7.05 Å². The minimum atomic E-state index is -4.64. The maximum atomic E-state index is 13.1. The number of alkyl halides is 3. The van der Waals surface area contributed by atoms with Crippen molar-refractivity contribution in [2.24, 2.45) is 0 Å². The second kappa shape index (κ2) is 7.73. The number of sulfonamides is 1. The molecule has 1 aromatic heterocycles. The van der Waals surface area contributed by atoms with Gasteiger partial charge in [-0.15, -0.1) is 0 Å². The lowest BCUT2D eigenvalue weighted by atomic mass is 10.0. The third-order valence-corrected chi connectivity index (χ3v) is 6.10. The SMILES string of the molecule is CN([C@H](c1ccccc1)c1ccccn1)S(=O)(=O)c1cccc(C(F)(F)F)c1. The van der Waals surface area contributed by atoms with Crippen LogP contribution in [0.25, 0.3) is 0 Å². The molecule has 0 bridgehead atoms. The number of benzene rings is 2. The van der Waals surface area contributed by atoms with Gasteiger partial charge in [0.25, 0.3) is 0 Å². The summed E-state index contributed by atoms with van der Waals surface area (Å²) in [5.41, 5.74) is 0.0991. The van der Waals surface area contributed by atoms with Crippen LogP contribution in [0.1, 0.15) is 22.9 Å². The summed E-state index contributed by atoms with van der Waals surface area (Å²) in [6.07, 6.45) is -3.10. The van der Waals surface area contributed by atoms with Gasteiger partial charge in [-0.1, -0.05) is 42.5 Å². The molecule has 4 nitrogen and oxygen atoms in total. The fraction of sp³-hybridized carbons (Fsp3) is 0.150. The topological polar surface area (TPSA) is 50.3 Å². The lowest BCUT2D eigenvalue weighted by molar-refractivity contribution is -0.137. The smallest absolute Gasteiger partial charge is 0.259 e. The van der Waals surface area contributed by atoms with Gasteiger partial charge >= 0.3 is 6.18 Å². The largest absolute Gasteiger partial charge is 0.416 e. The fourth-order valence-corrected chi connectivity index (χ4v) is 4.24. The monoisotopic (exact) mass is 406 g/mol. The molecule has 8 heteroatoms. The van der Waals surface area contributed by atoms with Gasteiger partial charge in [0.1, 0.15) is 0 Å². The van der Waals surface area contributed by atoms with Crippen LogP contribution in [-0.4, -0.2) is 24.8 Å². The average molecular weight is 406 g/mol. The van der Waals surface area contributed by atoms with Crippen LogP contribution in [0, 0.1) is 0 Å². The van der Waals surface area contributed by atoms with Crippen LogP contribution >= 0.6 is 0 Å². The summed E-state index contributed by atoms with van der Waals surface area (Å²) in [5.74, 6) is 0. The highest BCUT2D eigenvalue weighted by atomic mass is 32.2. The molecule has 3 rings (SSSR count). The molecule has 0 saturated carbocycles. The summed E-state index contributed by atoms with van der Waals surface area (Å²) in [5, 5.41) is 0. The molecular formula is C20H17F3N2O2S. The zero-order chi connectivity index (χ0) is 20.4. The van der Waals surface area contributed by atoms with Crippen molar-refractivity contribution in [3.8, 4) is 0 Å². The second-order valence-corrected chi connectivity index (χ2v) is 8.11. The van der Waals surface area contributed by atoms with Gasteiger partial charge in [-0.25, -0.2) is 8.42 Å². The molecule has 0 spiro atoms. The molecule has 0 aliphatic rings. The Balaban J connectivity index is 2.09. The Morgan fingerprint density at radius 1 is 0.929 bits per heavy atom. The van der Waals surface area contributed by atoms with E-state index in [1.54, 1.807) is 48.5 Å². The summed E-state index contributed by atoms with van der Waals surface area (Å²) in [6.45, 7) is 0. The first kappa shape index (κ1) is 20.0. The number of hydrogen-bond donors (Lipinski definition) is 0. The predicted octanol–water partition coefficient (Wildman–Crippen LogP) is 4.51.